The van der Waals surface area contributed by atoms with Gasteiger partial charge in [0.25, 0.3) is 5.69 Å². The number of carbonyl (C=O) groups is 1. The van der Waals surface area contributed by atoms with Gasteiger partial charge in [0.05, 0.1) is 16.9 Å². The number of nitro benzene ring substituents is 1. The van der Waals surface area contributed by atoms with Gasteiger partial charge >= 0.3 is 0 Å². The summed E-state index contributed by atoms with van der Waals surface area (Å²) in [6.45, 7) is 0. The Bertz CT molecular complexity index is 534. The van der Waals surface area contributed by atoms with E-state index in [1.807, 2.05) is 0 Å². The van der Waals surface area contributed by atoms with Crippen molar-refractivity contribution in [2.24, 2.45) is 0 Å². The minimum Gasteiger partial charge on any atom is -0.505 e. The van der Waals surface area contributed by atoms with E-state index in [-0.39, 0.29) is 23.5 Å². The van der Waals surface area contributed by atoms with Crippen molar-refractivity contribution in [3.05, 3.63) is 28.3 Å². The van der Waals surface area contributed by atoms with Crippen LogP contribution in [-0.2, 0) is 9.53 Å². The number of nitrogens with one attached hydrogen (secondary N) is 1. The minimum atomic E-state index is -0.648. The molecule has 0 heterocycles. The molecule has 2 rings (SSSR count). The number of carbonyl (C=O) groups excluding carboxylic acids is 1. The predicted molar refractivity (Wildman–Crippen MR) is 71.6 cm³/mol. The van der Waals surface area contributed by atoms with Crippen LogP contribution in [0.2, 0.25) is 0 Å². The number of phenols is 1. The number of hydrogen-bond donors (Lipinski definition) is 2. The molecule has 0 saturated heterocycles. The number of anilines is 1. The van der Waals surface area contributed by atoms with Crippen LogP contribution in [0.25, 0.3) is 0 Å². The van der Waals surface area contributed by atoms with E-state index in [2.05, 4.69) is 5.32 Å². The molecule has 20 heavy (non-hydrogen) atoms. The highest BCUT2D eigenvalue weighted by Crippen LogP contribution is 2.39. The molecule has 0 aromatic heterocycles. The van der Waals surface area contributed by atoms with E-state index in [9.17, 15) is 20.0 Å². The van der Waals surface area contributed by atoms with E-state index < -0.39 is 16.4 Å². The van der Waals surface area contributed by atoms with E-state index in [1.54, 1.807) is 7.11 Å². The Balaban J connectivity index is 2.13. The zero-order valence-corrected chi connectivity index (χ0v) is 11.1. The number of phenolic OH excluding ortho intramolecular Hbond substituents is 1. The third-order valence-corrected chi connectivity index (χ3v) is 3.66. The van der Waals surface area contributed by atoms with Crippen molar-refractivity contribution in [2.45, 2.75) is 31.3 Å². The summed E-state index contributed by atoms with van der Waals surface area (Å²) >= 11 is 0. The molecule has 1 aliphatic carbocycles. The summed E-state index contributed by atoms with van der Waals surface area (Å²) in [6.07, 6.45) is 2.70. The van der Waals surface area contributed by atoms with Crippen LogP contribution < -0.4 is 5.32 Å². The van der Waals surface area contributed by atoms with Gasteiger partial charge in [-0.05, 0) is 25.3 Å². The van der Waals surface area contributed by atoms with Crippen LogP contribution in [0.1, 0.15) is 25.7 Å². The molecular weight excluding hydrogens is 264 g/mol. The molecule has 7 nitrogen and oxygen atoms in total. The molecular formula is C13H16N2O5. The maximum atomic E-state index is 12.0. The minimum absolute atomic E-state index is 0.120. The summed E-state index contributed by atoms with van der Waals surface area (Å²) in [4.78, 5) is 22.2. The zero-order valence-electron chi connectivity index (χ0n) is 11.1. The van der Waals surface area contributed by atoms with Gasteiger partial charge in [-0.15, -0.1) is 0 Å². The molecule has 1 aromatic carbocycles. The summed E-state index contributed by atoms with van der Waals surface area (Å²) in [7, 11) is 1.55. The Morgan fingerprint density at radius 3 is 2.75 bits per heavy atom. The number of rotatable bonds is 5. The molecule has 0 spiro atoms. The van der Waals surface area contributed by atoms with Gasteiger partial charge in [-0.2, -0.15) is 0 Å². The van der Waals surface area contributed by atoms with Gasteiger partial charge in [0.15, 0.2) is 5.69 Å². The number of aromatic hydroxyl groups is 1. The molecule has 0 aliphatic heterocycles. The summed E-state index contributed by atoms with van der Waals surface area (Å²) in [5, 5.41) is 23.0. The third kappa shape index (κ3) is 2.72. The smallest absolute Gasteiger partial charge is 0.296 e. The van der Waals surface area contributed by atoms with Crippen LogP contribution >= 0.6 is 0 Å². The average molecular weight is 280 g/mol. The second kappa shape index (κ2) is 5.46. The Morgan fingerprint density at radius 1 is 1.55 bits per heavy atom. The summed E-state index contributed by atoms with van der Waals surface area (Å²) in [5.41, 5.74) is -0.977. The van der Waals surface area contributed by atoms with Crippen LogP contribution in [0.3, 0.4) is 0 Å². The van der Waals surface area contributed by atoms with Gasteiger partial charge in [-0.1, -0.05) is 6.07 Å². The lowest BCUT2D eigenvalue weighted by molar-refractivity contribution is -0.384. The number of hydrogen-bond acceptors (Lipinski definition) is 5. The SMILES string of the molecule is COC1(CC(=O)Nc2c(O)cccc2[N+](=O)[O-])CCC1. The molecule has 7 heteroatoms. The Kier molecular flexibility index (Phi) is 3.89. The molecule has 0 radical (unpaired) electrons. The fourth-order valence-electron chi connectivity index (χ4n) is 2.31. The number of benzene rings is 1. The van der Waals surface area contributed by atoms with E-state index in [0.717, 1.165) is 19.3 Å². The second-order valence-corrected chi connectivity index (χ2v) is 4.89. The number of nitro groups is 1. The Labute approximate surface area is 115 Å². The molecule has 2 N–H and O–H groups in total. The fourth-order valence-corrected chi connectivity index (χ4v) is 2.31. The maximum absolute atomic E-state index is 12.0. The molecule has 0 bridgehead atoms. The van der Waals surface area contributed by atoms with Gasteiger partial charge in [0.1, 0.15) is 5.75 Å². The van der Waals surface area contributed by atoms with Crippen molar-refractivity contribution >= 4 is 17.3 Å². The predicted octanol–water partition coefficient (Wildman–Crippen LogP) is 2.20. The lowest BCUT2D eigenvalue weighted by Gasteiger charge is -2.39. The first kappa shape index (κ1) is 14.3. The average Bonchev–Trinajstić information content (AvgIpc) is 2.36. The number of para-hydroxylation sites is 1. The number of nitrogens with zero attached hydrogens (tertiary/aromatic N) is 1. The van der Waals surface area contributed by atoms with Crippen molar-refractivity contribution in [1.29, 1.82) is 0 Å². The van der Waals surface area contributed by atoms with Crippen LogP contribution in [0.5, 0.6) is 5.75 Å². The topological polar surface area (TPSA) is 102 Å². The van der Waals surface area contributed by atoms with Gasteiger partial charge < -0.3 is 15.2 Å². The molecule has 1 aliphatic rings. The monoisotopic (exact) mass is 280 g/mol. The summed E-state index contributed by atoms with van der Waals surface area (Å²) in [5.74, 6) is -0.733. The van der Waals surface area contributed by atoms with Crippen LogP contribution in [0.15, 0.2) is 18.2 Å². The first-order valence-electron chi connectivity index (χ1n) is 6.29. The van der Waals surface area contributed by atoms with Crippen molar-refractivity contribution < 1.29 is 19.6 Å². The molecule has 1 aromatic rings. The molecule has 1 amide bonds. The molecule has 108 valence electrons. The van der Waals surface area contributed by atoms with Crippen molar-refractivity contribution in [2.75, 3.05) is 12.4 Å². The lowest BCUT2D eigenvalue weighted by Crippen LogP contribution is -2.42. The van der Waals surface area contributed by atoms with Crippen molar-refractivity contribution in [1.82, 2.24) is 0 Å². The molecule has 0 unspecified atom stereocenters. The van der Waals surface area contributed by atoms with Gasteiger partial charge in [-0.25, -0.2) is 0 Å². The second-order valence-electron chi connectivity index (χ2n) is 4.89. The van der Waals surface area contributed by atoms with E-state index in [1.165, 1.54) is 18.2 Å². The van der Waals surface area contributed by atoms with Crippen molar-refractivity contribution in [3.8, 4) is 5.75 Å². The van der Waals surface area contributed by atoms with Gasteiger partial charge in [0, 0.05) is 13.2 Å². The number of methoxy groups -OCH3 is 1. The Morgan fingerprint density at radius 2 is 2.25 bits per heavy atom. The Hall–Kier alpha value is -2.15. The normalized spacial score (nSPS) is 16.2. The van der Waals surface area contributed by atoms with Crippen LogP contribution in [-0.4, -0.2) is 28.6 Å². The quantitative estimate of drug-likeness (QED) is 0.489. The maximum Gasteiger partial charge on any atom is 0.296 e. The standard InChI is InChI=1S/C13H16N2O5/c1-20-13(6-3-7-13)8-11(17)14-12-9(15(18)19)4-2-5-10(12)16/h2,4-5,16H,3,6-8H2,1H3,(H,14,17). The third-order valence-electron chi connectivity index (χ3n) is 3.66. The zero-order chi connectivity index (χ0) is 14.8. The summed E-state index contributed by atoms with van der Waals surface area (Å²) in [6, 6.07) is 3.87. The van der Waals surface area contributed by atoms with Gasteiger partial charge in [-0.3, -0.25) is 14.9 Å². The van der Waals surface area contributed by atoms with E-state index in [0.29, 0.717) is 0 Å². The first-order chi connectivity index (χ1) is 9.47. The van der Waals surface area contributed by atoms with Crippen LogP contribution in [0.4, 0.5) is 11.4 Å². The first-order valence-corrected chi connectivity index (χ1v) is 6.29. The van der Waals surface area contributed by atoms with E-state index >= 15 is 0 Å². The van der Waals surface area contributed by atoms with Gasteiger partial charge in [0.2, 0.25) is 5.91 Å². The summed E-state index contributed by atoms with van der Waals surface area (Å²) < 4.78 is 5.33. The highest BCUT2D eigenvalue weighted by Gasteiger charge is 2.39. The van der Waals surface area contributed by atoms with Crippen LogP contribution in [0, 0.1) is 10.1 Å². The fraction of sp³-hybridized carbons (Fsp3) is 0.462. The lowest BCUT2D eigenvalue weighted by atomic mass is 9.77. The molecule has 0 atom stereocenters. The van der Waals surface area contributed by atoms with E-state index in [4.69, 9.17) is 4.74 Å². The van der Waals surface area contributed by atoms with Crippen molar-refractivity contribution in [3.63, 3.8) is 0 Å². The molecule has 1 fully saturated rings. The number of ether oxygens (including phenoxy) is 1. The highest BCUT2D eigenvalue weighted by molar-refractivity contribution is 5.95. The highest BCUT2D eigenvalue weighted by atomic mass is 16.6. The largest absolute Gasteiger partial charge is 0.505 e. The number of amides is 1. The molecule has 1 saturated carbocycles.